The fourth-order valence-corrected chi connectivity index (χ4v) is 2.23. The van der Waals surface area contributed by atoms with E-state index in [1.54, 1.807) is 0 Å². The van der Waals surface area contributed by atoms with Gasteiger partial charge < -0.3 is 15.0 Å². The van der Waals surface area contributed by atoms with Crippen molar-refractivity contribution >= 4 is 6.09 Å². The zero-order valence-electron chi connectivity index (χ0n) is 12.7. The lowest BCUT2D eigenvalue weighted by Crippen LogP contribution is -2.44. The van der Waals surface area contributed by atoms with Crippen molar-refractivity contribution in [2.75, 3.05) is 19.6 Å². The number of allylic oxidation sites excluding steroid dienone is 1. The van der Waals surface area contributed by atoms with Crippen molar-refractivity contribution in [3.05, 3.63) is 12.2 Å². The van der Waals surface area contributed by atoms with Crippen molar-refractivity contribution in [1.82, 2.24) is 10.2 Å². The van der Waals surface area contributed by atoms with Gasteiger partial charge in [-0.2, -0.15) is 0 Å². The van der Waals surface area contributed by atoms with E-state index in [2.05, 4.69) is 17.5 Å². The maximum absolute atomic E-state index is 12.1. The molecule has 1 amide bonds. The Morgan fingerprint density at radius 1 is 1.47 bits per heavy atom. The van der Waals surface area contributed by atoms with Crippen LogP contribution in [0.25, 0.3) is 0 Å². The van der Waals surface area contributed by atoms with E-state index >= 15 is 0 Å². The van der Waals surface area contributed by atoms with E-state index in [1.807, 2.05) is 32.6 Å². The Bertz CT molecular complexity index is 308. The van der Waals surface area contributed by atoms with Gasteiger partial charge in [0.2, 0.25) is 0 Å². The lowest BCUT2D eigenvalue weighted by molar-refractivity contribution is 0.0227. The highest BCUT2D eigenvalue weighted by Gasteiger charge is 2.31. The van der Waals surface area contributed by atoms with Gasteiger partial charge in [-0.15, -0.1) is 0 Å². The van der Waals surface area contributed by atoms with Crippen molar-refractivity contribution < 1.29 is 9.53 Å². The summed E-state index contributed by atoms with van der Waals surface area (Å²) in [6.45, 7) is 10.4. The Morgan fingerprint density at radius 3 is 2.84 bits per heavy atom. The summed E-state index contributed by atoms with van der Waals surface area (Å²) in [5, 5.41) is 3.41. The number of ether oxygens (including phenoxy) is 1. The second-order valence-electron chi connectivity index (χ2n) is 6.03. The first kappa shape index (κ1) is 16.0. The number of hydrogen-bond acceptors (Lipinski definition) is 3. The summed E-state index contributed by atoms with van der Waals surface area (Å²) in [6, 6.07) is 0.278. The molecule has 4 nitrogen and oxygen atoms in total. The van der Waals surface area contributed by atoms with Crippen LogP contribution in [-0.4, -0.2) is 42.3 Å². The predicted molar refractivity (Wildman–Crippen MR) is 78.3 cm³/mol. The molecule has 1 atom stereocenters. The quantitative estimate of drug-likeness (QED) is 0.615. The van der Waals surface area contributed by atoms with Gasteiger partial charge in [-0.05, 0) is 53.5 Å². The summed E-state index contributed by atoms with van der Waals surface area (Å²) < 4.78 is 5.44. The molecule has 1 fully saturated rings. The summed E-state index contributed by atoms with van der Waals surface area (Å²) in [7, 11) is 0. The molecule has 0 spiro atoms. The number of rotatable bonds is 5. The van der Waals surface area contributed by atoms with Crippen molar-refractivity contribution in [2.24, 2.45) is 0 Å². The molecule has 0 aliphatic carbocycles. The fourth-order valence-electron chi connectivity index (χ4n) is 2.23. The first-order valence-corrected chi connectivity index (χ1v) is 7.25. The highest BCUT2D eigenvalue weighted by molar-refractivity contribution is 5.69. The summed E-state index contributed by atoms with van der Waals surface area (Å²) in [5.41, 5.74) is -0.413. The second-order valence-corrected chi connectivity index (χ2v) is 6.03. The summed E-state index contributed by atoms with van der Waals surface area (Å²) >= 11 is 0. The number of nitrogens with zero attached hydrogens (tertiary/aromatic N) is 1. The minimum Gasteiger partial charge on any atom is -0.444 e. The van der Waals surface area contributed by atoms with Crippen LogP contribution in [0.15, 0.2) is 12.2 Å². The molecule has 0 radical (unpaired) electrons. The van der Waals surface area contributed by atoms with E-state index in [9.17, 15) is 4.79 Å². The van der Waals surface area contributed by atoms with Gasteiger partial charge in [0.1, 0.15) is 5.60 Å². The van der Waals surface area contributed by atoms with Crippen molar-refractivity contribution in [1.29, 1.82) is 0 Å². The summed E-state index contributed by atoms with van der Waals surface area (Å²) in [6.07, 6.45) is 7.20. The zero-order chi connectivity index (χ0) is 14.3. The smallest absolute Gasteiger partial charge is 0.410 e. The third-order valence-electron chi connectivity index (χ3n) is 3.11. The van der Waals surface area contributed by atoms with Crippen LogP contribution in [0.2, 0.25) is 0 Å². The Balaban J connectivity index is 2.35. The Kier molecular flexibility index (Phi) is 6.35. The van der Waals surface area contributed by atoms with E-state index in [4.69, 9.17) is 4.74 Å². The van der Waals surface area contributed by atoms with Crippen LogP contribution in [0.3, 0.4) is 0 Å². The first-order valence-electron chi connectivity index (χ1n) is 7.25. The Morgan fingerprint density at radius 2 is 2.21 bits per heavy atom. The van der Waals surface area contributed by atoms with Crippen LogP contribution in [0.1, 0.15) is 47.0 Å². The average Bonchev–Trinajstić information content (AvgIpc) is 2.75. The molecule has 19 heavy (non-hydrogen) atoms. The average molecular weight is 268 g/mol. The molecule has 0 aromatic heterocycles. The van der Waals surface area contributed by atoms with Gasteiger partial charge >= 0.3 is 6.09 Å². The molecule has 4 heteroatoms. The molecule has 0 saturated carbocycles. The normalized spacial score (nSPS) is 20.2. The van der Waals surface area contributed by atoms with Gasteiger partial charge in [-0.1, -0.05) is 12.2 Å². The molecule has 1 unspecified atom stereocenters. The second kappa shape index (κ2) is 7.53. The number of carbonyl (C=O) groups excluding carboxylic acids is 1. The largest absolute Gasteiger partial charge is 0.444 e. The summed E-state index contributed by atoms with van der Waals surface area (Å²) in [4.78, 5) is 13.9. The van der Waals surface area contributed by atoms with Gasteiger partial charge in [0.25, 0.3) is 0 Å². The number of carbonyl (C=O) groups is 1. The molecule has 110 valence electrons. The number of amides is 1. The van der Waals surface area contributed by atoms with Gasteiger partial charge in [-0.25, -0.2) is 4.79 Å². The number of likely N-dealkylation sites (tertiary alicyclic amines) is 1. The summed E-state index contributed by atoms with van der Waals surface area (Å²) in [5.74, 6) is 0. The number of nitrogens with one attached hydrogen (secondary N) is 1. The molecular formula is C15H28N2O2. The van der Waals surface area contributed by atoms with Crippen molar-refractivity contribution in [3.63, 3.8) is 0 Å². The standard InChI is InChI=1S/C15H28N2O2/c1-5-6-7-10-16-12-13-9-8-11-17(13)14(18)19-15(2,3)4/h5-6,13,16H,7-12H2,1-4H3/b6-5+. The lowest BCUT2D eigenvalue weighted by atomic mass is 10.2. The highest BCUT2D eigenvalue weighted by atomic mass is 16.6. The fraction of sp³-hybridized carbons (Fsp3) is 0.800. The molecule has 1 aliphatic rings. The molecule has 0 aromatic rings. The molecule has 0 bridgehead atoms. The molecule has 1 aliphatic heterocycles. The van der Waals surface area contributed by atoms with Crippen molar-refractivity contribution in [3.8, 4) is 0 Å². The molecule has 1 rings (SSSR count). The zero-order valence-corrected chi connectivity index (χ0v) is 12.7. The third kappa shape index (κ3) is 6.10. The lowest BCUT2D eigenvalue weighted by Gasteiger charge is -2.28. The van der Waals surface area contributed by atoms with Crippen LogP contribution in [-0.2, 0) is 4.74 Å². The van der Waals surface area contributed by atoms with E-state index in [0.717, 1.165) is 38.9 Å². The maximum Gasteiger partial charge on any atom is 0.410 e. The first-order chi connectivity index (χ1) is 8.94. The maximum atomic E-state index is 12.1. The van der Waals surface area contributed by atoms with Crippen LogP contribution < -0.4 is 5.32 Å². The van der Waals surface area contributed by atoms with Crippen molar-refractivity contribution in [2.45, 2.75) is 58.6 Å². The number of hydrogen-bond donors (Lipinski definition) is 1. The molecule has 1 saturated heterocycles. The van der Waals surface area contributed by atoms with Crippen LogP contribution >= 0.6 is 0 Å². The van der Waals surface area contributed by atoms with E-state index in [1.165, 1.54) is 0 Å². The predicted octanol–water partition coefficient (Wildman–Crippen LogP) is 2.94. The van der Waals surface area contributed by atoms with E-state index in [0.29, 0.717) is 0 Å². The minimum absolute atomic E-state index is 0.176. The third-order valence-corrected chi connectivity index (χ3v) is 3.11. The molecule has 0 aromatic carbocycles. The van der Waals surface area contributed by atoms with Gasteiger partial charge in [-0.3, -0.25) is 0 Å². The van der Waals surface area contributed by atoms with E-state index in [-0.39, 0.29) is 12.1 Å². The van der Waals surface area contributed by atoms with Gasteiger partial charge in [0.15, 0.2) is 0 Å². The van der Waals surface area contributed by atoms with E-state index < -0.39 is 5.60 Å². The van der Waals surface area contributed by atoms with Crippen LogP contribution in [0, 0.1) is 0 Å². The topological polar surface area (TPSA) is 41.6 Å². The molecular weight excluding hydrogens is 240 g/mol. The highest BCUT2D eigenvalue weighted by Crippen LogP contribution is 2.20. The van der Waals surface area contributed by atoms with Gasteiger partial charge in [0.05, 0.1) is 0 Å². The van der Waals surface area contributed by atoms with Gasteiger partial charge in [0, 0.05) is 19.1 Å². The SMILES string of the molecule is C/C=C/CCNCC1CCCN1C(=O)OC(C)(C)C. The Labute approximate surface area is 117 Å². The van der Waals surface area contributed by atoms with Crippen LogP contribution in [0.5, 0.6) is 0 Å². The minimum atomic E-state index is -0.413. The van der Waals surface area contributed by atoms with Crippen LogP contribution in [0.4, 0.5) is 4.79 Å². The molecule has 1 heterocycles. The Hall–Kier alpha value is -1.03. The monoisotopic (exact) mass is 268 g/mol. The molecule has 1 N–H and O–H groups in total.